The Morgan fingerprint density at radius 1 is 1.38 bits per heavy atom. The maximum Gasteiger partial charge on any atom is 0.0719 e. The molecular weight excluding hydrogens is 160 g/mol. The fourth-order valence-corrected chi connectivity index (χ4v) is 1.90. The molecule has 0 fully saturated rings. The molecule has 0 spiro atoms. The van der Waals surface area contributed by atoms with Crippen molar-refractivity contribution in [1.29, 1.82) is 0 Å². The molecule has 1 atom stereocenters. The van der Waals surface area contributed by atoms with Gasteiger partial charge in [0, 0.05) is 6.61 Å². The number of hydrogen-bond donors (Lipinski definition) is 0. The predicted octanol–water partition coefficient (Wildman–Crippen LogP) is 3.02. The zero-order valence-electron chi connectivity index (χ0n) is 8.34. The van der Waals surface area contributed by atoms with Crippen molar-refractivity contribution in [1.82, 2.24) is 0 Å². The second kappa shape index (κ2) is 3.51. The quantitative estimate of drug-likeness (QED) is 0.590. The average Bonchev–Trinajstić information content (AvgIpc) is 2.29. The van der Waals surface area contributed by atoms with Gasteiger partial charge in [-0.05, 0) is 30.4 Å². The van der Waals surface area contributed by atoms with Crippen molar-refractivity contribution in [2.75, 3.05) is 6.61 Å². The second-order valence-corrected chi connectivity index (χ2v) is 3.94. The Bertz CT molecular complexity index is 304. The summed E-state index contributed by atoms with van der Waals surface area (Å²) in [4.78, 5) is 0. The molecule has 0 amide bonds. The van der Waals surface area contributed by atoms with Crippen molar-refractivity contribution in [3.63, 3.8) is 0 Å². The molecule has 1 nitrogen and oxygen atoms in total. The molecule has 0 saturated carbocycles. The highest BCUT2D eigenvalue weighted by molar-refractivity contribution is 5.34. The highest BCUT2D eigenvalue weighted by Crippen LogP contribution is 2.27. The molecule has 0 aromatic heterocycles. The van der Waals surface area contributed by atoms with Crippen LogP contribution in [-0.4, -0.2) is 6.61 Å². The molecule has 0 N–H and O–H groups in total. The summed E-state index contributed by atoms with van der Waals surface area (Å²) >= 11 is 0. The van der Waals surface area contributed by atoms with E-state index in [0.717, 1.165) is 19.6 Å². The zero-order valence-corrected chi connectivity index (χ0v) is 8.34. The molecule has 0 saturated heterocycles. The summed E-state index contributed by atoms with van der Waals surface area (Å²) in [5.74, 6) is 0.650. The van der Waals surface area contributed by atoms with Crippen molar-refractivity contribution in [3.05, 3.63) is 34.9 Å². The topological polar surface area (TPSA) is 9.23 Å². The Morgan fingerprint density at radius 2 is 2.23 bits per heavy atom. The summed E-state index contributed by atoms with van der Waals surface area (Å²) in [5.41, 5.74) is 4.21. The third-order valence-corrected chi connectivity index (χ3v) is 2.79. The Hall–Kier alpha value is -0.820. The number of benzene rings is 1. The molecule has 1 aliphatic heterocycles. The van der Waals surface area contributed by atoms with Gasteiger partial charge in [-0.15, -0.1) is 0 Å². The van der Waals surface area contributed by atoms with E-state index in [1.54, 1.807) is 0 Å². The van der Waals surface area contributed by atoms with Crippen LogP contribution in [0.1, 0.15) is 36.0 Å². The number of ether oxygens (including phenoxy) is 1. The van der Waals surface area contributed by atoms with E-state index in [9.17, 15) is 0 Å². The van der Waals surface area contributed by atoms with Gasteiger partial charge in [0.25, 0.3) is 0 Å². The number of fused-ring (bicyclic) bond motifs is 1. The lowest BCUT2D eigenvalue weighted by Gasteiger charge is -2.11. The van der Waals surface area contributed by atoms with E-state index in [-0.39, 0.29) is 0 Å². The molecule has 0 aliphatic carbocycles. The summed E-state index contributed by atoms with van der Waals surface area (Å²) in [6.45, 7) is 6.13. The minimum atomic E-state index is 0.650. The van der Waals surface area contributed by atoms with E-state index < -0.39 is 0 Å². The second-order valence-electron chi connectivity index (χ2n) is 3.94. The van der Waals surface area contributed by atoms with Crippen LogP contribution >= 0.6 is 0 Å². The first-order valence-corrected chi connectivity index (χ1v) is 4.94. The first-order chi connectivity index (χ1) is 6.27. The van der Waals surface area contributed by atoms with Crippen LogP contribution in [0.25, 0.3) is 0 Å². The molecule has 1 unspecified atom stereocenters. The Kier molecular flexibility index (Phi) is 2.36. The maximum atomic E-state index is 5.53. The maximum absolute atomic E-state index is 5.53. The van der Waals surface area contributed by atoms with Crippen LogP contribution in [-0.2, 0) is 11.3 Å². The van der Waals surface area contributed by atoms with Crippen molar-refractivity contribution in [2.45, 2.75) is 32.8 Å². The van der Waals surface area contributed by atoms with E-state index in [1.807, 2.05) is 0 Å². The van der Waals surface area contributed by atoms with Gasteiger partial charge in [-0.1, -0.05) is 30.7 Å². The highest BCUT2D eigenvalue weighted by Gasteiger charge is 2.14. The Balaban J connectivity index is 2.43. The van der Waals surface area contributed by atoms with Gasteiger partial charge in [0.05, 0.1) is 6.61 Å². The van der Waals surface area contributed by atoms with Crippen LogP contribution in [0.5, 0.6) is 0 Å². The van der Waals surface area contributed by atoms with Crippen LogP contribution in [0.15, 0.2) is 18.2 Å². The Labute approximate surface area is 79.7 Å². The van der Waals surface area contributed by atoms with Gasteiger partial charge in [-0.2, -0.15) is 0 Å². The molecular formula is C12H16O. The van der Waals surface area contributed by atoms with Crippen molar-refractivity contribution in [2.24, 2.45) is 0 Å². The molecule has 0 bridgehead atoms. The van der Waals surface area contributed by atoms with E-state index >= 15 is 0 Å². The summed E-state index contributed by atoms with van der Waals surface area (Å²) < 4.78 is 5.53. The third-order valence-electron chi connectivity index (χ3n) is 2.79. The van der Waals surface area contributed by atoms with Gasteiger partial charge < -0.3 is 4.74 Å². The first-order valence-electron chi connectivity index (χ1n) is 4.94. The fourth-order valence-electron chi connectivity index (χ4n) is 1.90. The van der Waals surface area contributed by atoms with Crippen molar-refractivity contribution >= 4 is 0 Å². The fraction of sp³-hybridized carbons (Fsp3) is 0.500. The van der Waals surface area contributed by atoms with E-state index in [1.165, 1.54) is 16.7 Å². The van der Waals surface area contributed by atoms with Crippen LogP contribution in [0.4, 0.5) is 0 Å². The minimum Gasteiger partial charge on any atom is -0.377 e. The molecule has 1 heterocycles. The Morgan fingerprint density at radius 3 is 3.08 bits per heavy atom. The van der Waals surface area contributed by atoms with Crippen molar-refractivity contribution in [3.8, 4) is 0 Å². The molecule has 2 rings (SSSR count). The summed E-state index contributed by atoms with van der Waals surface area (Å²) in [5, 5.41) is 0. The summed E-state index contributed by atoms with van der Waals surface area (Å²) in [6, 6.07) is 6.67. The largest absolute Gasteiger partial charge is 0.377 e. The van der Waals surface area contributed by atoms with Crippen LogP contribution in [0, 0.1) is 6.92 Å². The smallest absolute Gasteiger partial charge is 0.0719 e. The molecule has 70 valence electrons. The van der Waals surface area contributed by atoms with Gasteiger partial charge in [0.1, 0.15) is 0 Å². The predicted molar refractivity (Wildman–Crippen MR) is 53.9 cm³/mol. The van der Waals surface area contributed by atoms with Gasteiger partial charge in [-0.25, -0.2) is 0 Å². The number of hydrogen-bond acceptors (Lipinski definition) is 1. The summed E-state index contributed by atoms with van der Waals surface area (Å²) in [6.07, 6.45) is 1.15. The molecule has 1 aromatic rings. The first kappa shape index (κ1) is 8.76. The number of rotatable bonds is 0. The molecule has 1 aromatic carbocycles. The highest BCUT2D eigenvalue weighted by atomic mass is 16.5. The van der Waals surface area contributed by atoms with Gasteiger partial charge in [0.15, 0.2) is 0 Å². The van der Waals surface area contributed by atoms with Gasteiger partial charge in [0.2, 0.25) is 0 Å². The normalized spacial score (nSPS) is 22.2. The molecule has 0 radical (unpaired) electrons. The lowest BCUT2D eigenvalue weighted by atomic mass is 9.93. The zero-order chi connectivity index (χ0) is 9.26. The summed E-state index contributed by atoms with van der Waals surface area (Å²) in [7, 11) is 0. The average molecular weight is 176 g/mol. The van der Waals surface area contributed by atoms with E-state index in [4.69, 9.17) is 4.74 Å². The standard InChI is InChI=1S/C12H16O/c1-9-3-4-11-8-13-6-5-10(2)12(11)7-9/h3-4,7,10H,5-6,8H2,1-2H3. The van der Waals surface area contributed by atoms with Crippen LogP contribution in [0.2, 0.25) is 0 Å². The number of aryl methyl sites for hydroxylation is 1. The monoisotopic (exact) mass is 176 g/mol. The lowest BCUT2D eigenvalue weighted by molar-refractivity contribution is 0.122. The SMILES string of the molecule is Cc1ccc2c(c1)C(C)CCOC2. The van der Waals surface area contributed by atoms with Gasteiger partial charge in [-0.3, -0.25) is 0 Å². The molecule has 1 heteroatoms. The van der Waals surface area contributed by atoms with Crippen molar-refractivity contribution < 1.29 is 4.74 Å². The van der Waals surface area contributed by atoms with Gasteiger partial charge >= 0.3 is 0 Å². The van der Waals surface area contributed by atoms with E-state index in [0.29, 0.717) is 5.92 Å². The lowest BCUT2D eigenvalue weighted by Crippen LogP contribution is -1.96. The van der Waals surface area contributed by atoms with Crippen LogP contribution in [0.3, 0.4) is 0 Å². The van der Waals surface area contributed by atoms with Crippen LogP contribution < -0.4 is 0 Å². The molecule has 1 aliphatic rings. The molecule has 13 heavy (non-hydrogen) atoms. The third kappa shape index (κ3) is 1.75. The minimum absolute atomic E-state index is 0.650. The van der Waals surface area contributed by atoms with E-state index in [2.05, 4.69) is 32.0 Å².